The van der Waals surface area contributed by atoms with Crippen molar-refractivity contribution in [3.05, 3.63) is 29.3 Å². The molecular formula is C16H23ClN2OS. The van der Waals surface area contributed by atoms with E-state index in [0.29, 0.717) is 12.5 Å². The van der Waals surface area contributed by atoms with Crippen LogP contribution in [0.1, 0.15) is 30.4 Å². The minimum absolute atomic E-state index is 0. The normalized spacial score (nSPS) is 21.0. The second-order valence-corrected chi connectivity index (χ2v) is 6.78. The third-order valence-electron chi connectivity index (χ3n) is 4.10. The standard InChI is InChI=1S/C16H22N2OS.ClH/c19-16(10-13-11-20-9-8-17-13)18-15-7-3-5-12-4-1-2-6-14(12)15;/h3,5,7,13,17H,1-2,4,6,8-11H2,(H,18,19);1H. The molecular weight excluding hydrogens is 304 g/mol. The Kier molecular flexibility index (Phi) is 6.40. The molecule has 1 amide bonds. The minimum Gasteiger partial charge on any atom is -0.326 e. The molecule has 3 nitrogen and oxygen atoms in total. The number of aryl methyl sites for hydroxylation is 1. The van der Waals surface area contributed by atoms with E-state index in [1.165, 1.54) is 24.0 Å². The van der Waals surface area contributed by atoms with Gasteiger partial charge in [-0.3, -0.25) is 4.79 Å². The lowest BCUT2D eigenvalue weighted by Gasteiger charge is -2.23. The fourth-order valence-electron chi connectivity index (χ4n) is 3.07. The number of halogens is 1. The molecule has 0 aromatic heterocycles. The summed E-state index contributed by atoms with van der Waals surface area (Å²) in [6, 6.07) is 6.64. The summed E-state index contributed by atoms with van der Waals surface area (Å²) >= 11 is 1.93. The number of thioether (sulfide) groups is 1. The summed E-state index contributed by atoms with van der Waals surface area (Å²) in [4.78, 5) is 12.2. The summed E-state index contributed by atoms with van der Waals surface area (Å²) in [5, 5.41) is 6.55. The molecule has 1 aliphatic heterocycles. The Morgan fingerprint density at radius 1 is 1.33 bits per heavy atom. The predicted molar refractivity (Wildman–Crippen MR) is 92.7 cm³/mol. The molecule has 2 N–H and O–H groups in total. The monoisotopic (exact) mass is 326 g/mol. The predicted octanol–water partition coefficient (Wildman–Crippen LogP) is 3.02. The minimum atomic E-state index is 0. The van der Waals surface area contributed by atoms with E-state index in [1.807, 2.05) is 17.8 Å². The summed E-state index contributed by atoms with van der Waals surface area (Å²) in [5.74, 6) is 2.34. The third-order valence-corrected chi connectivity index (χ3v) is 5.23. The second-order valence-electron chi connectivity index (χ2n) is 5.63. The van der Waals surface area contributed by atoms with Crippen LogP contribution in [0.2, 0.25) is 0 Å². The lowest BCUT2D eigenvalue weighted by molar-refractivity contribution is -0.116. The first-order valence-corrected chi connectivity index (χ1v) is 8.70. The first-order chi connectivity index (χ1) is 9.83. The van der Waals surface area contributed by atoms with Crippen LogP contribution >= 0.6 is 24.2 Å². The zero-order valence-electron chi connectivity index (χ0n) is 12.2. The van der Waals surface area contributed by atoms with Crippen molar-refractivity contribution in [1.29, 1.82) is 0 Å². The van der Waals surface area contributed by atoms with Gasteiger partial charge in [0.2, 0.25) is 5.91 Å². The Morgan fingerprint density at radius 3 is 3.00 bits per heavy atom. The van der Waals surface area contributed by atoms with Crippen LogP contribution in [0, 0.1) is 0 Å². The van der Waals surface area contributed by atoms with Crippen molar-refractivity contribution < 1.29 is 4.79 Å². The topological polar surface area (TPSA) is 41.1 Å². The number of amides is 1. The van der Waals surface area contributed by atoms with Gasteiger partial charge in [0.1, 0.15) is 0 Å². The molecule has 1 aromatic carbocycles. The second kappa shape index (κ2) is 8.06. The van der Waals surface area contributed by atoms with Crippen molar-refractivity contribution in [2.45, 2.75) is 38.1 Å². The maximum Gasteiger partial charge on any atom is 0.225 e. The van der Waals surface area contributed by atoms with Gasteiger partial charge in [-0.2, -0.15) is 11.8 Å². The molecule has 1 atom stereocenters. The fraction of sp³-hybridized carbons (Fsp3) is 0.562. The highest BCUT2D eigenvalue weighted by atomic mass is 35.5. The van der Waals surface area contributed by atoms with E-state index in [-0.39, 0.29) is 18.3 Å². The van der Waals surface area contributed by atoms with Gasteiger partial charge in [0.15, 0.2) is 0 Å². The van der Waals surface area contributed by atoms with Crippen LogP contribution in [0.15, 0.2) is 18.2 Å². The fourth-order valence-corrected chi connectivity index (χ4v) is 4.02. The van der Waals surface area contributed by atoms with E-state index >= 15 is 0 Å². The molecule has 2 aliphatic rings. The number of rotatable bonds is 3. The van der Waals surface area contributed by atoms with Gasteiger partial charge in [0.25, 0.3) is 0 Å². The average molecular weight is 327 g/mol. The zero-order chi connectivity index (χ0) is 13.8. The van der Waals surface area contributed by atoms with E-state index in [9.17, 15) is 4.79 Å². The molecule has 0 saturated carbocycles. The highest BCUT2D eigenvalue weighted by molar-refractivity contribution is 7.99. The van der Waals surface area contributed by atoms with Crippen molar-refractivity contribution in [3.8, 4) is 0 Å². The molecule has 1 heterocycles. The van der Waals surface area contributed by atoms with Crippen LogP contribution in [-0.4, -0.2) is 30.0 Å². The molecule has 1 aromatic rings. The van der Waals surface area contributed by atoms with Gasteiger partial charge in [-0.15, -0.1) is 12.4 Å². The van der Waals surface area contributed by atoms with E-state index in [0.717, 1.165) is 36.6 Å². The molecule has 1 aliphatic carbocycles. The van der Waals surface area contributed by atoms with E-state index in [1.54, 1.807) is 0 Å². The molecule has 1 unspecified atom stereocenters. The van der Waals surface area contributed by atoms with Gasteiger partial charge in [-0.1, -0.05) is 12.1 Å². The van der Waals surface area contributed by atoms with Gasteiger partial charge in [0, 0.05) is 36.2 Å². The van der Waals surface area contributed by atoms with Crippen molar-refractivity contribution in [3.63, 3.8) is 0 Å². The Hall–Kier alpha value is -0.710. The molecule has 0 spiro atoms. The van der Waals surface area contributed by atoms with Gasteiger partial charge >= 0.3 is 0 Å². The van der Waals surface area contributed by atoms with Crippen LogP contribution in [0.5, 0.6) is 0 Å². The van der Waals surface area contributed by atoms with E-state index in [4.69, 9.17) is 0 Å². The smallest absolute Gasteiger partial charge is 0.225 e. The number of hydrogen-bond donors (Lipinski definition) is 2. The first-order valence-electron chi connectivity index (χ1n) is 7.54. The Bertz CT molecular complexity index is 489. The van der Waals surface area contributed by atoms with Gasteiger partial charge < -0.3 is 10.6 Å². The van der Waals surface area contributed by atoms with Gasteiger partial charge in [0.05, 0.1) is 0 Å². The number of benzene rings is 1. The van der Waals surface area contributed by atoms with E-state index in [2.05, 4.69) is 22.8 Å². The molecule has 0 radical (unpaired) electrons. The zero-order valence-corrected chi connectivity index (χ0v) is 13.8. The number of nitrogens with one attached hydrogen (secondary N) is 2. The maximum absolute atomic E-state index is 12.2. The molecule has 3 rings (SSSR count). The maximum atomic E-state index is 12.2. The van der Waals surface area contributed by atoms with Crippen LogP contribution in [-0.2, 0) is 17.6 Å². The molecule has 116 valence electrons. The van der Waals surface area contributed by atoms with Crippen LogP contribution in [0.25, 0.3) is 0 Å². The van der Waals surface area contributed by atoms with Crippen molar-refractivity contribution >= 4 is 35.8 Å². The SMILES string of the molecule is Cl.O=C(CC1CSCCN1)Nc1cccc2c1CCCC2. The lowest BCUT2D eigenvalue weighted by atomic mass is 9.90. The third kappa shape index (κ3) is 4.38. The summed E-state index contributed by atoms with van der Waals surface area (Å²) in [6.45, 7) is 1.02. The van der Waals surface area contributed by atoms with Crippen molar-refractivity contribution in [2.24, 2.45) is 0 Å². The van der Waals surface area contributed by atoms with Crippen LogP contribution < -0.4 is 10.6 Å². The first kappa shape index (κ1) is 16.7. The van der Waals surface area contributed by atoms with Crippen LogP contribution in [0.4, 0.5) is 5.69 Å². The molecule has 0 bridgehead atoms. The highest BCUT2D eigenvalue weighted by Crippen LogP contribution is 2.28. The quantitative estimate of drug-likeness (QED) is 0.897. The number of carbonyl (C=O) groups excluding carboxylic acids is 1. The Balaban J connectivity index is 0.00000161. The number of anilines is 1. The summed E-state index contributed by atoms with van der Waals surface area (Å²) in [6.07, 6.45) is 5.34. The van der Waals surface area contributed by atoms with Gasteiger partial charge in [-0.25, -0.2) is 0 Å². The number of hydrogen-bond acceptors (Lipinski definition) is 3. The van der Waals surface area contributed by atoms with E-state index < -0.39 is 0 Å². The largest absolute Gasteiger partial charge is 0.326 e. The lowest BCUT2D eigenvalue weighted by Crippen LogP contribution is -2.40. The van der Waals surface area contributed by atoms with Crippen molar-refractivity contribution in [2.75, 3.05) is 23.4 Å². The van der Waals surface area contributed by atoms with Crippen molar-refractivity contribution in [1.82, 2.24) is 5.32 Å². The number of carbonyl (C=O) groups is 1. The number of fused-ring (bicyclic) bond motifs is 1. The molecule has 21 heavy (non-hydrogen) atoms. The molecule has 1 fully saturated rings. The van der Waals surface area contributed by atoms with Crippen LogP contribution in [0.3, 0.4) is 0 Å². The molecule has 5 heteroatoms. The average Bonchev–Trinajstić information content (AvgIpc) is 2.48. The summed E-state index contributed by atoms with van der Waals surface area (Å²) in [7, 11) is 0. The Labute approximate surface area is 137 Å². The molecule has 1 saturated heterocycles. The summed E-state index contributed by atoms with van der Waals surface area (Å²) < 4.78 is 0. The Morgan fingerprint density at radius 2 is 2.19 bits per heavy atom. The summed E-state index contributed by atoms with van der Waals surface area (Å²) in [5.41, 5.74) is 3.81. The highest BCUT2D eigenvalue weighted by Gasteiger charge is 2.18. The van der Waals surface area contributed by atoms with Gasteiger partial charge in [-0.05, 0) is 42.9 Å².